The van der Waals surface area contributed by atoms with Crippen molar-refractivity contribution in [3.8, 4) is 0 Å². The third-order valence-electron chi connectivity index (χ3n) is 2.08. The summed E-state index contributed by atoms with van der Waals surface area (Å²) in [5.41, 5.74) is -0.159. The maximum absolute atomic E-state index is 11.2. The lowest BCUT2D eigenvalue weighted by atomic mass is 9.85. The molecule has 0 aromatic heterocycles. The molecule has 0 radical (unpaired) electrons. The van der Waals surface area contributed by atoms with Crippen molar-refractivity contribution in [2.24, 2.45) is 17.3 Å². The molecule has 0 heterocycles. The number of carbonyl (C=O) groups is 2. The molecule has 0 aliphatic rings. The Bertz CT molecular complexity index is 207. The first-order valence-electron chi connectivity index (χ1n) is 5.54. The Morgan fingerprint density at radius 3 is 1.12 bits per heavy atom. The molecule has 0 fully saturated rings. The van der Waals surface area contributed by atoms with Crippen LogP contribution in [0.15, 0.2) is 0 Å². The molecule has 0 bridgehead atoms. The van der Waals surface area contributed by atoms with Crippen LogP contribution < -0.4 is 0 Å². The van der Waals surface area contributed by atoms with Crippen molar-refractivity contribution in [1.82, 2.24) is 0 Å². The van der Waals surface area contributed by atoms with Crippen molar-refractivity contribution in [2.45, 2.75) is 62.8 Å². The lowest BCUT2D eigenvalue weighted by Crippen LogP contribution is -2.24. The van der Waals surface area contributed by atoms with Gasteiger partial charge in [0.25, 0.3) is 0 Å². The molecule has 0 rings (SSSR count). The van der Waals surface area contributed by atoms with E-state index in [4.69, 9.17) is 0 Å². The van der Waals surface area contributed by atoms with E-state index in [-0.39, 0.29) is 30.5 Å². The van der Waals surface area contributed by atoms with E-state index in [1.54, 1.807) is 6.92 Å². The molecule has 0 unspecified atom stereocenters. The maximum atomic E-state index is 11.2. The van der Waals surface area contributed by atoms with Crippen molar-refractivity contribution in [3.63, 3.8) is 0 Å². The fraction of sp³-hybridized carbons (Fsp3) is 0.857. The number of rotatable bonds is 2. The SMILES string of the molecule is C.CC(=O)C(C)C.CC(C)C(=O)C(C)(C)C. The predicted molar refractivity (Wildman–Crippen MR) is 71.6 cm³/mol. The zero-order valence-electron chi connectivity index (χ0n) is 11.5. The van der Waals surface area contributed by atoms with E-state index in [2.05, 4.69) is 0 Å². The molecule has 0 aliphatic carbocycles. The second-order valence-corrected chi connectivity index (χ2v) is 5.53. The monoisotopic (exact) mass is 230 g/mol. The Labute approximate surface area is 102 Å². The fourth-order valence-corrected chi connectivity index (χ4v) is 0.866. The number of hydrogen-bond donors (Lipinski definition) is 0. The molecular formula is C14H30O2. The van der Waals surface area contributed by atoms with Gasteiger partial charge in [-0.2, -0.15) is 0 Å². The minimum atomic E-state index is -0.159. The Morgan fingerprint density at radius 2 is 1.12 bits per heavy atom. The van der Waals surface area contributed by atoms with E-state index in [0.717, 1.165) is 0 Å². The fourth-order valence-electron chi connectivity index (χ4n) is 0.866. The first-order valence-corrected chi connectivity index (χ1v) is 5.54. The van der Waals surface area contributed by atoms with Crippen molar-refractivity contribution in [2.75, 3.05) is 0 Å². The number of ketones is 2. The summed E-state index contributed by atoms with van der Waals surface area (Å²) in [7, 11) is 0. The second kappa shape index (κ2) is 8.49. The van der Waals surface area contributed by atoms with Crippen LogP contribution in [0.25, 0.3) is 0 Å². The topological polar surface area (TPSA) is 34.1 Å². The highest BCUT2D eigenvalue weighted by atomic mass is 16.1. The third kappa shape index (κ3) is 11.4. The molecule has 98 valence electrons. The summed E-state index contributed by atoms with van der Waals surface area (Å²) in [6.45, 7) is 15.1. The molecular weight excluding hydrogens is 200 g/mol. The maximum Gasteiger partial charge on any atom is 0.140 e. The van der Waals surface area contributed by atoms with Crippen molar-refractivity contribution in [3.05, 3.63) is 0 Å². The summed E-state index contributed by atoms with van der Waals surface area (Å²) in [5.74, 6) is 0.979. The minimum absolute atomic E-state index is 0. The summed E-state index contributed by atoms with van der Waals surface area (Å²) in [6, 6.07) is 0. The van der Waals surface area contributed by atoms with E-state index in [1.165, 1.54) is 0 Å². The Hall–Kier alpha value is -0.660. The molecule has 0 aliphatic heterocycles. The van der Waals surface area contributed by atoms with Gasteiger partial charge < -0.3 is 0 Å². The van der Waals surface area contributed by atoms with Gasteiger partial charge in [0.1, 0.15) is 11.6 Å². The molecule has 2 heteroatoms. The van der Waals surface area contributed by atoms with E-state index in [0.29, 0.717) is 5.78 Å². The first-order chi connectivity index (χ1) is 6.50. The number of carbonyl (C=O) groups excluding carboxylic acids is 2. The molecule has 2 nitrogen and oxygen atoms in total. The average molecular weight is 230 g/mol. The molecule has 0 saturated carbocycles. The van der Waals surface area contributed by atoms with E-state index >= 15 is 0 Å². The molecule has 0 aromatic carbocycles. The van der Waals surface area contributed by atoms with Gasteiger partial charge in [-0.1, -0.05) is 55.9 Å². The summed E-state index contributed by atoms with van der Waals surface area (Å²) < 4.78 is 0. The molecule has 0 N–H and O–H groups in total. The van der Waals surface area contributed by atoms with Crippen LogP contribution in [0.5, 0.6) is 0 Å². The van der Waals surface area contributed by atoms with Gasteiger partial charge in [0.2, 0.25) is 0 Å². The normalized spacial score (nSPS) is 10.4. The van der Waals surface area contributed by atoms with Crippen molar-refractivity contribution in [1.29, 1.82) is 0 Å². The highest BCUT2D eigenvalue weighted by Gasteiger charge is 2.23. The third-order valence-corrected chi connectivity index (χ3v) is 2.08. The molecule has 0 amide bonds. The zero-order chi connectivity index (χ0) is 12.8. The molecule has 16 heavy (non-hydrogen) atoms. The quantitative estimate of drug-likeness (QED) is 0.715. The summed E-state index contributed by atoms with van der Waals surface area (Å²) in [5, 5.41) is 0. The Balaban J connectivity index is -0.000000214. The van der Waals surface area contributed by atoms with Crippen LogP contribution in [-0.2, 0) is 9.59 Å². The van der Waals surface area contributed by atoms with Crippen molar-refractivity contribution < 1.29 is 9.59 Å². The predicted octanol–water partition coefficient (Wildman–Crippen LogP) is 4.13. The lowest BCUT2D eigenvalue weighted by Gasteiger charge is -2.18. The van der Waals surface area contributed by atoms with Crippen LogP contribution in [0.3, 0.4) is 0 Å². The van der Waals surface area contributed by atoms with Crippen LogP contribution in [0.1, 0.15) is 62.8 Å². The van der Waals surface area contributed by atoms with E-state index in [9.17, 15) is 9.59 Å². The van der Waals surface area contributed by atoms with Gasteiger partial charge in [0, 0.05) is 17.3 Å². The highest BCUT2D eigenvalue weighted by Crippen LogP contribution is 2.19. The van der Waals surface area contributed by atoms with Crippen LogP contribution >= 0.6 is 0 Å². The van der Waals surface area contributed by atoms with Crippen LogP contribution in [0, 0.1) is 17.3 Å². The Morgan fingerprint density at radius 1 is 0.875 bits per heavy atom. The summed E-state index contributed by atoms with van der Waals surface area (Å²) in [4.78, 5) is 21.3. The van der Waals surface area contributed by atoms with Crippen molar-refractivity contribution >= 4 is 11.6 Å². The summed E-state index contributed by atoms with van der Waals surface area (Å²) >= 11 is 0. The Kier molecular flexibility index (Phi) is 11.0. The van der Waals surface area contributed by atoms with Gasteiger partial charge in [-0.25, -0.2) is 0 Å². The van der Waals surface area contributed by atoms with Gasteiger partial charge in [0.15, 0.2) is 0 Å². The van der Waals surface area contributed by atoms with E-state index < -0.39 is 0 Å². The number of hydrogen-bond acceptors (Lipinski definition) is 2. The van der Waals surface area contributed by atoms with Crippen LogP contribution in [0.4, 0.5) is 0 Å². The lowest BCUT2D eigenvalue weighted by molar-refractivity contribution is -0.129. The van der Waals surface area contributed by atoms with Gasteiger partial charge in [-0.05, 0) is 6.92 Å². The standard InChI is InChI=1S/C8H16O.C5H10O.CH4/c1-6(2)7(9)8(3,4)5;1-4(2)5(3)6;/h6H,1-5H3;4H,1-3H3;1H4. The average Bonchev–Trinajstić information content (AvgIpc) is 2.02. The smallest absolute Gasteiger partial charge is 0.140 e. The largest absolute Gasteiger partial charge is 0.300 e. The van der Waals surface area contributed by atoms with Gasteiger partial charge >= 0.3 is 0 Å². The summed E-state index contributed by atoms with van der Waals surface area (Å²) in [6.07, 6.45) is 0. The highest BCUT2D eigenvalue weighted by molar-refractivity contribution is 5.85. The van der Waals surface area contributed by atoms with Crippen LogP contribution in [0.2, 0.25) is 0 Å². The molecule has 0 aromatic rings. The first kappa shape index (κ1) is 20.7. The second-order valence-electron chi connectivity index (χ2n) is 5.53. The minimum Gasteiger partial charge on any atom is -0.300 e. The molecule has 0 atom stereocenters. The van der Waals surface area contributed by atoms with Gasteiger partial charge in [0.05, 0.1) is 0 Å². The van der Waals surface area contributed by atoms with E-state index in [1.807, 2.05) is 48.5 Å². The molecule has 0 spiro atoms. The molecule has 0 saturated heterocycles. The van der Waals surface area contributed by atoms with Crippen LogP contribution in [-0.4, -0.2) is 11.6 Å². The zero-order valence-corrected chi connectivity index (χ0v) is 11.5. The van der Waals surface area contributed by atoms with Gasteiger partial charge in [-0.3, -0.25) is 9.59 Å². The number of Topliss-reactive ketones (excluding diaryl/α,β-unsaturated/α-hetero) is 2. The van der Waals surface area contributed by atoms with Gasteiger partial charge in [-0.15, -0.1) is 0 Å².